The Labute approximate surface area is 85.8 Å². The van der Waals surface area contributed by atoms with Crippen LogP contribution in [0.15, 0.2) is 30.3 Å². The molecule has 0 fully saturated rings. The summed E-state index contributed by atoms with van der Waals surface area (Å²) in [6.07, 6.45) is 5.69. The molecule has 0 saturated carbocycles. The third-order valence-electron chi connectivity index (χ3n) is 2.96. The van der Waals surface area contributed by atoms with Gasteiger partial charge in [-0.1, -0.05) is 44.2 Å². The van der Waals surface area contributed by atoms with Gasteiger partial charge in [-0.2, -0.15) is 0 Å². The van der Waals surface area contributed by atoms with E-state index in [1.165, 1.54) is 17.7 Å². The van der Waals surface area contributed by atoms with Crippen LogP contribution in [0.5, 0.6) is 0 Å². The number of rotatable bonds is 1. The first-order chi connectivity index (χ1) is 6.81. The van der Waals surface area contributed by atoms with Gasteiger partial charge in [0.2, 0.25) is 0 Å². The molecule has 1 aliphatic heterocycles. The molecule has 1 nitrogen and oxygen atoms in total. The van der Waals surface area contributed by atoms with E-state index in [9.17, 15) is 0 Å². The van der Waals surface area contributed by atoms with Crippen molar-refractivity contribution in [1.29, 1.82) is 0 Å². The lowest BCUT2D eigenvalue weighted by Gasteiger charge is -2.21. The van der Waals surface area contributed by atoms with E-state index >= 15 is 0 Å². The molecule has 1 aliphatic rings. The average molecular weight is 187 g/mol. The summed E-state index contributed by atoms with van der Waals surface area (Å²) in [5.74, 6) is 0.604. The number of hydrogen-bond donors (Lipinski definition) is 1. The topological polar surface area (TPSA) is 12.0 Å². The Bertz CT molecular complexity index is 341. The highest BCUT2D eigenvalue weighted by atomic mass is 14.9. The van der Waals surface area contributed by atoms with Crippen molar-refractivity contribution in [3.63, 3.8) is 0 Å². The number of benzene rings is 1. The molecule has 1 aromatic rings. The lowest BCUT2D eigenvalue weighted by molar-refractivity contribution is 0.562. The average Bonchev–Trinajstić information content (AvgIpc) is 2.38. The van der Waals surface area contributed by atoms with Gasteiger partial charge in [-0.25, -0.2) is 0 Å². The fourth-order valence-corrected chi connectivity index (χ4v) is 1.97. The van der Waals surface area contributed by atoms with Crippen molar-refractivity contribution in [2.24, 2.45) is 5.92 Å². The molecule has 0 aromatic heterocycles. The molecule has 0 bridgehead atoms. The fourth-order valence-electron chi connectivity index (χ4n) is 1.97. The van der Waals surface area contributed by atoms with Crippen molar-refractivity contribution in [1.82, 2.24) is 0 Å². The van der Waals surface area contributed by atoms with Crippen LogP contribution in [0, 0.1) is 5.92 Å². The SMILES string of the molecule is CCC1Nc2ccccc2C=CC1C. The van der Waals surface area contributed by atoms with Gasteiger partial charge >= 0.3 is 0 Å². The van der Waals surface area contributed by atoms with Gasteiger partial charge in [-0.15, -0.1) is 0 Å². The first-order valence-corrected chi connectivity index (χ1v) is 5.35. The molecule has 74 valence electrons. The van der Waals surface area contributed by atoms with Gasteiger partial charge in [0, 0.05) is 11.7 Å². The van der Waals surface area contributed by atoms with Crippen LogP contribution in [-0.4, -0.2) is 6.04 Å². The van der Waals surface area contributed by atoms with E-state index in [2.05, 4.69) is 55.6 Å². The van der Waals surface area contributed by atoms with Crippen LogP contribution in [0.4, 0.5) is 5.69 Å². The number of nitrogens with one attached hydrogen (secondary N) is 1. The standard InChI is InChI=1S/C13H17N/c1-3-12-10(2)8-9-11-6-4-5-7-13(11)14-12/h4-10,12,14H,3H2,1-2H3. The molecule has 1 heteroatoms. The maximum Gasteiger partial charge on any atom is 0.0416 e. The van der Waals surface area contributed by atoms with E-state index in [4.69, 9.17) is 0 Å². The fraction of sp³-hybridized carbons (Fsp3) is 0.385. The van der Waals surface area contributed by atoms with E-state index in [1.807, 2.05) is 0 Å². The second-order valence-corrected chi connectivity index (χ2v) is 3.96. The molecule has 2 atom stereocenters. The van der Waals surface area contributed by atoms with E-state index in [-0.39, 0.29) is 0 Å². The van der Waals surface area contributed by atoms with Crippen molar-refractivity contribution in [2.45, 2.75) is 26.3 Å². The summed E-state index contributed by atoms with van der Waals surface area (Å²) in [6, 6.07) is 9.05. The van der Waals surface area contributed by atoms with E-state index in [1.54, 1.807) is 0 Å². The molecule has 0 amide bonds. The number of anilines is 1. The summed E-state index contributed by atoms with van der Waals surface area (Å²) in [6.45, 7) is 4.50. The summed E-state index contributed by atoms with van der Waals surface area (Å²) in [7, 11) is 0. The Morgan fingerprint density at radius 2 is 2.07 bits per heavy atom. The molecular formula is C13H17N. The Morgan fingerprint density at radius 3 is 2.86 bits per heavy atom. The van der Waals surface area contributed by atoms with Crippen molar-refractivity contribution in [2.75, 3.05) is 5.32 Å². The summed E-state index contributed by atoms with van der Waals surface area (Å²) in [4.78, 5) is 0. The van der Waals surface area contributed by atoms with E-state index in [0.717, 1.165) is 0 Å². The highest BCUT2D eigenvalue weighted by Crippen LogP contribution is 2.25. The molecule has 0 radical (unpaired) electrons. The van der Waals surface area contributed by atoms with Gasteiger partial charge in [0.1, 0.15) is 0 Å². The van der Waals surface area contributed by atoms with Crippen molar-refractivity contribution in [3.05, 3.63) is 35.9 Å². The third kappa shape index (κ3) is 1.67. The Balaban J connectivity index is 2.35. The first kappa shape index (κ1) is 9.32. The number of para-hydroxylation sites is 1. The molecule has 1 aromatic carbocycles. The Morgan fingerprint density at radius 1 is 1.29 bits per heavy atom. The van der Waals surface area contributed by atoms with Crippen molar-refractivity contribution < 1.29 is 0 Å². The number of fused-ring (bicyclic) bond motifs is 1. The van der Waals surface area contributed by atoms with Crippen molar-refractivity contribution >= 4 is 11.8 Å². The van der Waals surface area contributed by atoms with Crippen molar-refractivity contribution in [3.8, 4) is 0 Å². The van der Waals surface area contributed by atoms with Gasteiger partial charge in [0.05, 0.1) is 0 Å². The van der Waals surface area contributed by atoms with Gasteiger partial charge in [-0.05, 0) is 24.0 Å². The minimum atomic E-state index is 0.565. The molecule has 0 spiro atoms. The Kier molecular flexibility index (Phi) is 2.58. The molecule has 0 aliphatic carbocycles. The van der Waals surface area contributed by atoms with E-state index < -0.39 is 0 Å². The molecule has 2 unspecified atom stereocenters. The largest absolute Gasteiger partial charge is 0.381 e. The lowest BCUT2D eigenvalue weighted by atomic mass is 10.00. The zero-order chi connectivity index (χ0) is 9.97. The van der Waals surface area contributed by atoms with Gasteiger partial charge in [-0.3, -0.25) is 0 Å². The Hall–Kier alpha value is -1.24. The second-order valence-electron chi connectivity index (χ2n) is 3.96. The summed E-state index contributed by atoms with van der Waals surface area (Å²) in [5, 5.41) is 3.60. The maximum absolute atomic E-state index is 3.60. The summed E-state index contributed by atoms with van der Waals surface area (Å²) < 4.78 is 0. The third-order valence-corrected chi connectivity index (χ3v) is 2.96. The van der Waals surface area contributed by atoms with Crippen LogP contribution in [-0.2, 0) is 0 Å². The molecule has 0 saturated heterocycles. The molecule has 1 heterocycles. The van der Waals surface area contributed by atoms with E-state index in [0.29, 0.717) is 12.0 Å². The quantitative estimate of drug-likeness (QED) is 0.709. The minimum Gasteiger partial charge on any atom is -0.381 e. The molecular weight excluding hydrogens is 170 g/mol. The zero-order valence-corrected chi connectivity index (χ0v) is 8.83. The smallest absolute Gasteiger partial charge is 0.0416 e. The minimum absolute atomic E-state index is 0.565. The van der Waals surface area contributed by atoms with Crippen LogP contribution in [0.2, 0.25) is 0 Å². The number of hydrogen-bond acceptors (Lipinski definition) is 1. The molecule has 14 heavy (non-hydrogen) atoms. The van der Waals surface area contributed by atoms with Crippen LogP contribution < -0.4 is 5.32 Å². The highest BCUT2D eigenvalue weighted by Gasteiger charge is 2.16. The maximum atomic E-state index is 3.60. The summed E-state index contributed by atoms with van der Waals surface area (Å²) in [5.41, 5.74) is 2.57. The van der Waals surface area contributed by atoms with Crippen LogP contribution in [0.1, 0.15) is 25.8 Å². The summed E-state index contributed by atoms with van der Waals surface area (Å²) >= 11 is 0. The van der Waals surface area contributed by atoms with Crippen LogP contribution in [0.3, 0.4) is 0 Å². The zero-order valence-electron chi connectivity index (χ0n) is 8.83. The van der Waals surface area contributed by atoms with Crippen LogP contribution in [0.25, 0.3) is 6.08 Å². The van der Waals surface area contributed by atoms with Gasteiger partial charge < -0.3 is 5.32 Å². The van der Waals surface area contributed by atoms with Gasteiger partial charge in [0.15, 0.2) is 0 Å². The lowest BCUT2D eigenvalue weighted by Crippen LogP contribution is -2.24. The molecule has 1 N–H and O–H groups in total. The molecule has 2 rings (SSSR count). The first-order valence-electron chi connectivity index (χ1n) is 5.35. The van der Waals surface area contributed by atoms with Gasteiger partial charge in [0.25, 0.3) is 0 Å². The predicted octanol–water partition coefficient (Wildman–Crippen LogP) is 3.54. The predicted molar refractivity (Wildman–Crippen MR) is 62.3 cm³/mol. The highest BCUT2D eigenvalue weighted by molar-refractivity contribution is 5.68. The monoisotopic (exact) mass is 187 g/mol. The second kappa shape index (κ2) is 3.87. The van der Waals surface area contributed by atoms with Crippen LogP contribution >= 0.6 is 0 Å². The normalized spacial score (nSPS) is 25.0.